The fourth-order valence-electron chi connectivity index (χ4n) is 1.61. The van der Waals surface area contributed by atoms with Crippen LogP contribution in [0.25, 0.3) is 0 Å². The highest BCUT2D eigenvalue weighted by Crippen LogP contribution is 2.37. The lowest BCUT2D eigenvalue weighted by atomic mass is 10.2. The van der Waals surface area contributed by atoms with Gasteiger partial charge in [0.25, 0.3) is 0 Å². The van der Waals surface area contributed by atoms with E-state index < -0.39 is 8.32 Å². The van der Waals surface area contributed by atoms with E-state index in [9.17, 15) is 4.79 Å². The fraction of sp³-hybridized carbons (Fsp3) is 0.611. The number of carbonyl (C=O) groups is 1. The molecule has 0 aliphatic heterocycles. The molecule has 0 heterocycles. The van der Waals surface area contributed by atoms with Crippen molar-refractivity contribution < 1.29 is 14.0 Å². The summed E-state index contributed by atoms with van der Waals surface area (Å²) in [4.78, 5) is 11.2. The van der Waals surface area contributed by atoms with Crippen LogP contribution in [0.2, 0.25) is 18.1 Å². The topological polar surface area (TPSA) is 35.5 Å². The molecule has 23 heavy (non-hydrogen) atoms. The van der Waals surface area contributed by atoms with E-state index in [4.69, 9.17) is 4.43 Å². The van der Waals surface area contributed by atoms with Gasteiger partial charge in [0, 0.05) is 6.42 Å². The number of esters is 1. The van der Waals surface area contributed by atoms with Gasteiger partial charge in [-0.3, -0.25) is 4.79 Å². The molecule has 0 rings (SSSR count). The second-order valence-corrected chi connectivity index (χ2v) is 12.4. The summed E-state index contributed by atoms with van der Waals surface area (Å²) in [6.07, 6.45) is 12.3. The van der Waals surface area contributed by atoms with Crippen molar-refractivity contribution in [2.45, 2.75) is 64.3 Å². The third kappa shape index (κ3) is 10.1. The van der Waals surface area contributed by atoms with Gasteiger partial charge < -0.3 is 9.16 Å². The Hall–Kier alpha value is -0.403. The van der Waals surface area contributed by atoms with Crippen molar-refractivity contribution >= 4 is 36.9 Å². The van der Waals surface area contributed by atoms with Gasteiger partial charge in [0.15, 0.2) is 8.32 Å². The van der Waals surface area contributed by atoms with E-state index in [0.717, 1.165) is 6.42 Å². The summed E-state index contributed by atoms with van der Waals surface area (Å²) >= 11 is 2.20. The molecule has 0 amide bonds. The number of ether oxygens (including phenoxy) is 1. The average Bonchev–Trinajstić information content (AvgIpc) is 2.45. The van der Waals surface area contributed by atoms with Gasteiger partial charge in [0.2, 0.25) is 0 Å². The number of hydrogen-bond donors (Lipinski definition) is 0. The number of rotatable bonds is 9. The van der Waals surface area contributed by atoms with Crippen LogP contribution in [0.1, 0.15) is 40.0 Å². The quantitative estimate of drug-likeness (QED) is 0.147. The molecule has 0 radical (unpaired) electrons. The Morgan fingerprint density at radius 2 is 1.87 bits per heavy atom. The molecule has 132 valence electrons. The first-order valence-corrected chi connectivity index (χ1v) is 12.1. The minimum absolute atomic E-state index is 0.0485. The van der Waals surface area contributed by atoms with Crippen LogP contribution in [0.15, 0.2) is 34.5 Å². The lowest BCUT2D eigenvalue weighted by Crippen LogP contribution is -2.43. The molecule has 0 aliphatic rings. The first-order valence-electron chi connectivity index (χ1n) is 7.97. The summed E-state index contributed by atoms with van der Waals surface area (Å²) < 4.78 is 13.1. The monoisotopic (exact) mass is 450 g/mol. The average molecular weight is 450 g/mol. The molecule has 0 bridgehead atoms. The zero-order valence-electron chi connectivity index (χ0n) is 15.3. The lowest BCUT2D eigenvalue weighted by molar-refractivity contribution is -0.140. The lowest BCUT2D eigenvalue weighted by Gasteiger charge is -2.38. The van der Waals surface area contributed by atoms with Crippen LogP contribution in [0.4, 0.5) is 0 Å². The second-order valence-electron chi connectivity index (χ2n) is 6.94. The molecular weight excluding hydrogens is 419 g/mol. The van der Waals surface area contributed by atoms with E-state index >= 15 is 0 Å². The number of methoxy groups -OCH3 is 1. The van der Waals surface area contributed by atoms with Crippen LogP contribution in [0.3, 0.4) is 0 Å². The van der Waals surface area contributed by atoms with Crippen LogP contribution < -0.4 is 0 Å². The molecule has 0 unspecified atom stereocenters. The number of allylic oxidation sites excluding steroid dienone is 3. The molecule has 1 atom stereocenters. The Morgan fingerprint density at radius 1 is 1.22 bits per heavy atom. The summed E-state index contributed by atoms with van der Waals surface area (Å²) in [5.41, 5.74) is 0. The Balaban J connectivity index is 4.81. The van der Waals surface area contributed by atoms with Gasteiger partial charge in [0.05, 0.1) is 13.2 Å². The van der Waals surface area contributed by atoms with Crippen molar-refractivity contribution in [3.05, 3.63) is 34.5 Å². The normalized spacial score (nSPS) is 14.9. The van der Waals surface area contributed by atoms with Gasteiger partial charge in [-0.2, -0.15) is 0 Å². The van der Waals surface area contributed by atoms with E-state index in [1.165, 1.54) is 7.11 Å². The standard InChI is InChI=1S/C18H31IO3Si/c1-18(2,3)23(5,6)22-16(12-8-7-11-15-19)13-9-10-14-17(20)21-4/h7-9,11,13,15-16H,10,12,14H2,1-6H3/b8-7+,13-9+,15-11+/t16-/m0/s1. The minimum Gasteiger partial charge on any atom is -0.469 e. The van der Waals surface area contributed by atoms with Crippen molar-refractivity contribution in [1.82, 2.24) is 0 Å². The number of halogens is 1. The number of carbonyl (C=O) groups excluding carboxylic acids is 1. The van der Waals surface area contributed by atoms with Gasteiger partial charge >= 0.3 is 5.97 Å². The molecule has 0 saturated heterocycles. The van der Waals surface area contributed by atoms with Crippen LogP contribution in [-0.4, -0.2) is 27.5 Å². The van der Waals surface area contributed by atoms with Crippen LogP contribution >= 0.6 is 22.6 Å². The maximum absolute atomic E-state index is 11.2. The maximum Gasteiger partial charge on any atom is 0.305 e. The van der Waals surface area contributed by atoms with Crippen molar-refractivity contribution in [2.24, 2.45) is 0 Å². The molecule has 0 aliphatic carbocycles. The van der Waals surface area contributed by atoms with Crippen molar-refractivity contribution in [3.8, 4) is 0 Å². The molecular formula is C18H31IO3Si. The van der Waals surface area contributed by atoms with E-state index in [1.807, 2.05) is 22.3 Å². The highest BCUT2D eigenvalue weighted by atomic mass is 127. The van der Waals surface area contributed by atoms with Gasteiger partial charge in [-0.05, 0) is 35.1 Å². The van der Waals surface area contributed by atoms with Gasteiger partial charge in [-0.1, -0.05) is 73.7 Å². The summed E-state index contributed by atoms with van der Waals surface area (Å²) in [7, 11) is -0.404. The van der Waals surface area contributed by atoms with Crippen LogP contribution in [0.5, 0.6) is 0 Å². The molecule has 5 heteroatoms. The predicted octanol–water partition coefficient (Wildman–Crippen LogP) is 5.78. The van der Waals surface area contributed by atoms with E-state index in [2.05, 4.69) is 73.3 Å². The maximum atomic E-state index is 11.2. The minimum atomic E-state index is -1.82. The molecule has 0 spiro atoms. The number of hydrogen-bond acceptors (Lipinski definition) is 3. The largest absolute Gasteiger partial charge is 0.469 e. The summed E-state index contributed by atoms with van der Waals surface area (Å²) in [5.74, 6) is -0.177. The van der Waals surface area contributed by atoms with Crippen molar-refractivity contribution in [2.75, 3.05) is 7.11 Å². The molecule has 0 fully saturated rings. The van der Waals surface area contributed by atoms with Crippen molar-refractivity contribution in [1.29, 1.82) is 0 Å². The molecule has 0 aromatic heterocycles. The zero-order valence-corrected chi connectivity index (χ0v) is 18.4. The molecule has 3 nitrogen and oxygen atoms in total. The second kappa shape index (κ2) is 11.2. The fourth-order valence-corrected chi connectivity index (χ4v) is 3.13. The first kappa shape index (κ1) is 22.6. The molecule has 0 saturated carbocycles. The smallest absolute Gasteiger partial charge is 0.305 e. The van der Waals surface area contributed by atoms with E-state index in [-0.39, 0.29) is 17.1 Å². The van der Waals surface area contributed by atoms with Gasteiger partial charge in [-0.25, -0.2) is 0 Å². The summed E-state index contributed by atoms with van der Waals surface area (Å²) in [6, 6.07) is 0. The summed E-state index contributed by atoms with van der Waals surface area (Å²) in [5, 5.41) is 0.178. The highest BCUT2D eigenvalue weighted by molar-refractivity contribution is 14.1. The highest BCUT2D eigenvalue weighted by Gasteiger charge is 2.38. The SMILES string of the molecule is COC(=O)CC/C=C/[C@H](C/C=C/C=C/I)O[Si](C)(C)C(C)(C)C. The predicted molar refractivity (Wildman–Crippen MR) is 109 cm³/mol. The van der Waals surface area contributed by atoms with Crippen LogP contribution in [0, 0.1) is 0 Å². The third-order valence-electron chi connectivity index (χ3n) is 4.03. The molecule has 0 N–H and O–H groups in total. The van der Waals surface area contributed by atoms with E-state index in [0.29, 0.717) is 12.8 Å². The first-order chi connectivity index (χ1) is 10.6. The third-order valence-corrected chi connectivity index (χ3v) is 8.95. The molecule has 0 aromatic rings. The van der Waals surface area contributed by atoms with Crippen molar-refractivity contribution in [3.63, 3.8) is 0 Å². The van der Waals surface area contributed by atoms with Gasteiger partial charge in [0.1, 0.15) is 0 Å². The Bertz CT molecular complexity index is 434. The van der Waals surface area contributed by atoms with Crippen LogP contribution in [-0.2, 0) is 14.0 Å². The Kier molecular flexibility index (Phi) is 11.0. The Morgan fingerprint density at radius 3 is 2.39 bits per heavy atom. The van der Waals surface area contributed by atoms with E-state index in [1.54, 1.807) is 0 Å². The Labute approximate surface area is 156 Å². The zero-order chi connectivity index (χ0) is 17.9. The molecule has 0 aromatic carbocycles. The van der Waals surface area contributed by atoms with Gasteiger partial charge in [-0.15, -0.1) is 0 Å². The summed E-state index contributed by atoms with van der Waals surface area (Å²) in [6.45, 7) is 11.2.